The molecule has 0 aromatic heterocycles. The van der Waals surface area contributed by atoms with E-state index >= 15 is 0 Å². The molecule has 3 rings (SSSR count). The average Bonchev–Trinajstić information content (AvgIpc) is 2.78. The maximum atomic E-state index is 12.4. The van der Waals surface area contributed by atoms with Crippen molar-refractivity contribution >= 4 is 11.9 Å². The molecule has 0 bridgehead atoms. The Morgan fingerprint density at radius 1 is 1.03 bits per heavy atom. The van der Waals surface area contributed by atoms with E-state index in [1.807, 2.05) is 29.2 Å². The van der Waals surface area contributed by atoms with E-state index in [9.17, 15) is 9.59 Å². The monoisotopic (exact) mass is 411 g/mol. The number of nitriles is 1. The quantitative estimate of drug-likeness (QED) is 0.675. The van der Waals surface area contributed by atoms with Crippen LogP contribution in [0.5, 0.6) is 0 Å². The van der Waals surface area contributed by atoms with E-state index in [-0.39, 0.29) is 11.9 Å². The van der Waals surface area contributed by atoms with Crippen LogP contribution in [-0.4, -0.2) is 60.5 Å². The molecule has 0 spiro atoms. The fraction of sp³-hybridized carbons (Fsp3) is 0.609. The molecule has 1 saturated heterocycles. The van der Waals surface area contributed by atoms with Gasteiger partial charge >= 0.3 is 6.03 Å². The molecule has 0 unspecified atom stereocenters. The molecule has 1 saturated carbocycles. The number of hydrogen-bond acceptors (Lipinski definition) is 4. The first-order valence-electron chi connectivity index (χ1n) is 11.2. The Labute approximate surface area is 179 Å². The number of rotatable bonds is 7. The van der Waals surface area contributed by atoms with Crippen molar-refractivity contribution < 1.29 is 9.59 Å². The van der Waals surface area contributed by atoms with Gasteiger partial charge in [0.25, 0.3) is 0 Å². The highest BCUT2D eigenvalue weighted by molar-refractivity contribution is 5.76. The van der Waals surface area contributed by atoms with Crippen molar-refractivity contribution in [3.63, 3.8) is 0 Å². The highest BCUT2D eigenvalue weighted by Crippen LogP contribution is 2.17. The van der Waals surface area contributed by atoms with E-state index in [1.165, 1.54) is 24.8 Å². The van der Waals surface area contributed by atoms with E-state index in [0.717, 1.165) is 45.6 Å². The minimum Gasteiger partial charge on any atom is -0.340 e. The van der Waals surface area contributed by atoms with Gasteiger partial charge in [0.2, 0.25) is 5.91 Å². The van der Waals surface area contributed by atoms with E-state index in [1.54, 1.807) is 0 Å². The summed E-state index contributed by atoms with van der Waals surface area (Å²) < 4.78 is 0. The molecule has 3 amide bonds. The zero-order valence-electron chi connectivity index (χ0n) is 17.7. The lowest BCUT2D eigenvalue weighted by Crippen LogP contribution is -2.48. The van der Waals surface area contributed by atoms with Gasteiger partial charge in [-0.3, -0.25) is 9.69 Å². The van der Waals surface area contributed by atoms with Gasteiger partial charge in [-0.25, -0.2) is 4.79 Å². The molecule has 2 N–H and O–H groups in total. The Hall–Kier alpha value is -2.59. The summed E-state index contributed by atoms with van der Waals surface area (Å²) >= 11 is 0. The summed E-state index contributed by atoms with van der Waals surface area (Å²) in [5.74, 6) is 0.169. The van der Waals surface area contributed by atoms with Crippen molar-refractivity contribution in [2.75, 3.05) is 32.7 Å². The smallest absolute Gasteiger partial charge is 0.315 e. The van der Waals surface area contributed by atoms with Crippen LogP contribution in [0.3, 0.4) is 0 Å². The molecule has 1 aliphatic heterocycles. The third-order valence-corrected chi connectivity index (χ3v) is 6.01. The zero-order valence-corrected chi connectivity index (χ0v) is 17.7. The minimum absolute atomic E-state index is 0.106. The topological polar surface area (TPSA) is 88.5 Å². The maximum absolute atomic E-state index is 12.4. The Bertz CT molecular complexity index is 729. The molecule has 162 valence electrons. The van der Waals surface area contributed by atoms with Crippen molar-refractivity contribution in [3.05, 3.63) is 35.4 Å². The summed E-state index contributed by atoms with van der Waals surface area (Å²) in [7, 11) is 0. The van der Waals surface area contributed by atoms with Gasteiger partial charge in [0.15, 0.2) is 0 Å². The summed E-state index contributed by atoms with van der Waals surface area (Å²) in [4.78, 5) is 28.6. The summed E-state index contributed by atoms with van der Waals surface area (Å²) in [5.41, 5.74) is 1.86. The first-order chi connectivity index (χ1) is 14.6. The second-order valence-corrected chi connectivity index (χ2v) is 8.30. The molecular weight excluding hydrogens is 378 g/mol. The van der Waals surface area contributed by atoms with Crippen molar-refractivity contribution in [3.8, 4) is 6.07 Å². The second-order valence-electron chi connectivity index (χ2n) is 8.30. The number of nitrogens with zero attached hydrogens (tertiary/aromatic N) is 3. The molecule has 1 aromatic rings. The molecule has 2 fully saturated rings. The Morgan fingerprint density at radius 2 is 1.73 bits per heavy atom. The number of carbonyl (C=O) groups excluding carboxylic acids is 2. The number of hydrogen-bond donors (Lipinski definition) is 2. The first-order valence-corrected chi connectivity index (χ1v) is 11.2. The van der Waals surface area contributed by atoms with Gasteiger partial charge in [-0.15, -0.1) is 0 Å². The van der Waals surface area contributed by atoms with Crippen LogP contribution in [0, 0.1) is 11.3 Å². The lowest BCUT2D eigenvalue weighted by atomic mass is 9.96. The van der Waals surface area contributed by atoms with Gasteiger partial charge in [-0.2, -0.15) is 5.26 Å². The number of nitrogens with one attached hydrogen (secondary N) is 2. The molecule has 7 heteroatoms. The molecule has 0 radical (unpaired) electrons. The van der Waals surface area contributed by atoms with Gasteiger partial charge in [-0.05, 0) is 37.0 Å². The maximum Gasteiger partial charge on any atom is 0.315 e. The van der Waals surface area contributed by atoms with Crippen LogP contribution in [0.15, 0.2) is 24.3 Å². The Balaban J connectivity index is 1.27. The highest BCUT2D eigenvalue weighted by atomic mass is 16.2. The number of piperazine rings is 1. The van der Waals surface area contributed by atoms with E-state index in [4.69, 9.17) is 5.26 Å². The van der Waals surface area contributed by atoms with Crippen molar-refractivity contribution in [1.82, 2.24) is 20.4 Å². The fourth-order valence-electron chi connectivity index (χ4n) is 4.18. The Kier molecular flexibility index (Phi) is 8.52. The fourth-order valence-corrected chi connectivity index (χ4v) is 4.18. The lowest BCUT2D eigenvalue weighted by molar-refractivity contribution is -0.133. The van der Waals surface area contributed by atoms with Crippen LogP contribution in [0.1, 0.15) is 56.1 Å². The summed E-state index contributed by atoms with van der Waals surface area (Å²) in [6, 6.07) is 10.0. The van der Waals surface area contributed by atoms with Crippen LogP contribution in [0.4, 0.5) is 4.79 Å². The predicted octanol–water partition coefficient (Wildman–Crippen LogP) is 2.61. The lowest BCUT2D eigenvalue weighted by Gasteiger charge is -2.34. The molecule has 0 atom stereocenters. The van der Waals surface area contributed by atoms with Crippen molar-refractivity contribution in [2.45, 2.75) is 57.5 Å². The van der Waals surface area contributed by atoms with E-state index in [2.05, 4.69) is 21.6 Å². The first kappa shape index (κ1) is 22.1. The summed E-state index contributed by atoms with van der Waals surface area (Å²) in [6.07, 6.45) is 6.94. The van der Waals surface area contributed by atoms with Gasteiger partial charge in [0, 0.05) is 51.7 Å². The van der Waals surface area contributed by atoms with Crippen LogP contribution in [-0.2, 0) is 11.3 Å². The normalized spacial score (nSPS) is 17.9. The molecule has 1 aliphatic carbocycles. The molecule has 1 heterocycles. The summed E-state index contributed by atoms with van der Waals surface area (Å²) in [5, 5.41) is 14.8. The number of amides is 3. The minimum atomic E-state index is -0.106. The molecule has 30 heavy (non-hydrogen) atoms. The molecule has 1 aromatic carbocycles. The van der Waals surface area contributed by atoms with Crippen molar-refractivity contribution in [1.29, 1.82) is 5.26 Å². The van der Waals surface area contributed by atoms with Crippen LogP contribution in [0.25, 0.3) is 0 Å². The average molecular weight is 412 g/mol. The van der Waals surface area contributed by atoms with Crippen LogP contribution < -0.4 is 10.6 Å². The van der Waals surface area contributed by atoms with Gasteiger partial charge in [-0.1, -0.05) is 31.4 Å². The van der Waals surface area contributed by atoms with E-state index in [0.29, 0.717) is 31.0 Å². The van der Waals surface area contributed by atoms with Gasteiger partial charge < -0.3 is 15.5 Å². The van der Waals surface area contributed by atoms with Gasteiger partial charge in [0.1, 0.15) is 0 Å². The number of carbonyl (C=O) groups is 2. The zero-order chi connectivity index (χ0) is 21.2. The van der Waals surface area contributed by atoms with Crippen molar-refractivity contribution in [2.24, 2.45) is 0 Å². The third kappa shape index (κ3) is 7.03. The predicted molar refractivity (Wildman–Crippen MR) is 116 cm³/mol. The molecular formula is C23H33N5O2. The summed E-state index contributed by atoms with van der Waals surface area (Å²) in [6.45, 7) is 4.56. The van der Waals surface area contributed by atoms with Gasteiger partial charge in [0.05, 0.1) is 11.6 Å². The SMILES string of the molecule is N#Cc1ccc(CN2CCN(C(=O)CCCNC(=O)NC3CCCCC3)CC2)cc1. The molecule has 7 nitrogen and oxygen atoms in total. The Morgan fingerprint density at radius 3 is 2.40 bits per heavy atom. The largest absolute Gasteiger partial charge is 0.340 e. The standard InChI is InChI=1S/C23H33N5O2/c24-17-19-8-10-20(11-9-19)18-27-13-15-28(16-14-27)22(29)7-4-12-25-23(30)26-21-5-2-1-3-6-21/h8-11,21H,1-7,12-16,18H2,(H2,25,26,30). The number of benzene rings is 1. The number of urea groups is 1. The van der Waals surface area contributed by atoms with E-state index < -0.39 is 0 Å². The third-order valence-electron chi connectivity index (χ3n) is 6.01. The van der Waals surface area contributed by atoms with Crippen LogP contribution in [0.2, 0.25) is 0 Å². The highest BCUT2D eigenvalue weighted by Gasteiger charge is 2.21. The van der Waals surface area contributed by atoms with Crippen LogP contribution >= 0.6 is 0 Å². The molecule has 2 aliphatic rings. The second kappa shape index (κ2) is 11.6.